The third-order valence-corrected chi connectivity index (χ3v) is 10.3. The summed E-state index contributed by atoms with van der Waals surface area (Å²) < 4.78 is 0. The predicted octanol–water partition coefficient (Wildman–Crippen LogP) is 6.80. The first-order valence-corrected chi connectivity index (χ1v) is 15.2. The molecule has 0 saturated heterocycles. The van der Waals surface area contributed by atoms with Crippen LogP contribution in [0.4, 0.5) is 5.82 Å². The number of carbonyl (C=O) groups excluding carboxylic acids is 1. The highest BCUT2D eigenvalue weighted by atomic mass is 32.2. The van der Waals surface area contributed by atoms with Gasteiger partial charge in [0, 0.05) is 16.7 Å². The van der Waals surface area contributed by atoms with Gasteiger partial charge in [0.25, 0.3) is 0 Å². The molecule has 0 bridgehead atoms. The van der Waals surface area contributed by atoms with Crippen LogP contribution < -0.4 is 11.1 Å². The summed E-state index contributed by atoms with van der Waals surface area (Å²) in [6, 6.07) is 31.2. The number of benzene rings is 3. The molecule has 2 aromatic heterocycles. The Labute approximate surface area is 234 Å². The number of anilines is 1. The zero-order valence-corrected chi connectivity index (χ0v) is 23.0. The molecule has 1 aliphatic rings. The largest absolute Gasteiger partial charge is 0.383 e. The molecular weight excluding hydrogens is 529 g/mol. The number of nitrogens with one attached hydrogen (secondary N) is 1. The molecule has 0 saturated carbocycles. The number of nitrogens with two attached hydrogens (primary N) is 1. The minimum absolute atomic E-state index is 0.0576. The maximum atomic E-state index is 12.4. The zero-order valence-electron chi connectivity index (χ0n) is 20.5. The van der Waals surface area contributed by atoms with Crippen molar-refractivity contribution in [3.05, 3.63) is 118 Å². The normalized spacial score (nSPS) is 16.7. The van der Waals surface area contributed by atoms with Crippen LogP contribution in [0.25, 0.3) is 10.2 Å². The Morgan fingerprint density at radius 2 is 1.58 bits per heavy atom. The Morgan fingerprint density at radius 1 is 0.921 bits per heavy atom. The lowest BCUT2D eigenvalue weighted by Gasteiger charge is -2.30. The summed E-state index contributed by atoms with van der Waals surface area (Å²) in [4.78, 5) is 24.1. The number of amides is 1. The smallest absolute Gasteiger partial charge is 0.230 e. The maximum Gasteiger partial charge on any atom is 0.230 e. The van der Waals surface area contributed by atoms with Crippen LogP contribution in [-0.4, -0.2) is 21.6 Å². The molecular formula is C30H26N4OS3. The van der Waals surface area contributed by atoms with E-state index in [1.54, 1.807) is 11.3 Å². The monoisotopic (exact) mass is 554 g/mol. The van der Waals surface area contributed by atoms with E-state index in [-0.39, 0.29) is 16.9 Å². The third kappa shape index (κ3) is 5.29. The number of nitrogen functional groups attached to an aromatic ring is 1. The van der Waals surface area contributed by atoms with E-state index in [0.717, 1.165) is 22.2 Å². The van der Waals surface area contributed by atoms with Gasteiger partial charge < -0.3 is 11.1 Å². The van der Waals surface area contributed by atoms with Crippen LogP contribution in [0.2, 0.25) is 0 Å². The number of fused-ring (bicyclic) bond motifs is 3. The Kier molecular flexibility index (Phi) is 7.35. The van der Waals surface area contributed by atoms with Crippen molar-refractivity contribution in [1.82, 2.24) is 15.3 Å². The molecule has 0 fully saturated rings. The lowest BCUT2D eigenvalue weighted by atomic mass is 9.98. The minimum atomic E-state index is -0.0576. The first-order valence-electron chi connectivity index (χ1n) is 12.4. The van der Waals surface area contributed by atoms with E-state index in [1.165, 1.54) is 33.3 Å². The summed E-state index contributed by atoms with van der Waals surface area (Å²) in [5.41, 5.74) is 11.5. The lowest BCUT2D eigenvalue weighted by molar-refractivity contribution is -0.118. The van der Waals surface area contributed by atoms with Gasteiger partial charge in [-0.2, -0.15) is 0 Å². The van der Waals surface area contributed by atoms with Crippen LogP contribution in [0.3, 0.4) is 0 Å². The van der Waals surface area contributed by atoms with Crippen LogP contribution in [-0.2, 0) is 17.8 Å². The van der Waals surface area contributed by atoms with Crippen LogP contribution in [0, 0.1) is 0 Å². The number of nitrogens with zero attached hydrogens (tertiary/aromatic N) is 2. The van der Waals surface area contributed by atoms with Crippen molar-refractivity contribution >= 4 is 56.8 Å². The molecule has 3 N–H and O–H groups in total. The van der Waals surface area contributed by atoms with Gasteiger partial charge in [0.1, 0.15) is 10.6 Å². The quantitative estimate of drug-likeness (QED) is 0.170. The van der Waals surface area contributed by atoms with Gasteiger partial charge in [-0.25, -0.2) is 9.97 Å². The number of carbonyl (C=O) groups is 1. The molecule has 8 heteroatoms. The topological polar surface area (TPSA) is 80.9 Å². The summed E-state index contributed by atoms with van der Waals surface area (Å²) >= 11 is 5.01. The zero-order chi connectivity index (χ0) is 25.9. The summed E-state index contributed by atoms with van der Waals surface area (Å²) in [5, 5.41) is 4.97. The molecule has 0 radical (unpaired) electrons. The highest BCUT2D eigenvalue weighted by molar-refractivity contribution is 8.00. The number of thioether (sulfide) groups is 2. The third-order valence-electron chi connectivity index (χ3n) is 6.56. The standard InChI is InChI=1S/C30H26N4OS3/c31-28-25-22-16-23(20-12-6-2-7-13-20)37-26(21-14-8-3-9-15-21)27(22)38-29(25)34-30(33-28)36-18-24(35)32-17-19-10-4-1-5-11-19/h1-15,23,26H,16-18H2,(H,32,35)(H2,31,33,34)/t23-,26+/m0/s1. The molecule has 5 aromatic rings. The molecule has 0 unspecified atom stereocenters. The number of hydrogen-bond donors (Lipinski definition) is 2. The fourth-order valence-electron chi connectivity index (χ4n) is 4.72. The van der Waals surface area contributed by atoms with E-state index in [4.69, 9.17) is 10.7 Å². The molecule has 1 amide bonds. The van der Waals surface area contributed by atoms with Crippen LogP contribution in [0.5, 0.6) is 0 Å². The van der Waals surface area contributed by atoms with Crippen LogP contribution in [0.15, 0.2) is 96.2 Å². The van der Waals surface area contributed by atoms with Gasteiger partial charge in [-0.1, -0.05) is 103 Å². The second-order valence-electron chi connectivity index (χ2n) is 9.10. The number of rotatable bonds is 7. The van der Waals surface area contributed by atoms with Gasteiger partial charge in [-0.05, 0) is 28.7 Å². The summed E-state index contributed by atoms with van der Waals surface area (Å²) in [6.45, 7) is 0.501. The molecule has 190 valence electrons. The van der Waals surface area contributed by atoms with Gasteiger partial charge in [-0.3, -0.25) is 4.79 Å². The molecule has 5 nitrogen and oxygen atoms in total. The molecule has 0 spiro atoms. The lowest BCUT2D eigenvalue weighted by Crippen LogP contribution is -2.24. The van der Waals surface area contributed by atoms with Gasteiger partial charge in [-0.15, -0.1) is 23.1 Å². The summed E-state index contributed by atoms with van der Waals surface area (Å²) in [6.07, 6.45) is 0.884. The van der Waals surface area contributed by atoms with Crippen molar-refractivity contribution in [1.29, 1.82) is 0 Å². The number of aromatic nitrogens is 2. The predicted molar refractivity (Wildman–Crippen MR) is 160 cm³/mol. The molecule has 3 aromatic carbocycles. The van der Waals surface area contributed by atoms with Crippen molar-refractivity contribution in [2.75, 3.05) is 11.5 Å². The van der Waals surface area contributed by atoms with Gasteiger partial charge in [0.15, 0.2) is 5.16 Å². The van der Waals surface area contributed by atoms with E-state index in [0.29, 0.717) is 22.8 Å². The fraction of sp³-hybridized carbons (Fsp3) is 0.167. The Morgan fingerprint density at radius 3 is 2.29 bits per heavy atom. The van der Waals surface area contributed by atoms with E-state index in [1.807, 2.05) is 42.1 Å². The molecule has 0 aliphatic carbocycles. The summed E-state index contributed by atoms with van der Waals surface area (Å²) in [5.74, 6) is 0.671. The highest BCUT2D eigenvalue weighted by Gasteiger charge is 2.34. The van der Waals surface area contributed by atoms with Crippen molar-refractivity contribution in [2.45, 2.75) is 28.6 Å². The van der Waals surface area contributed by atoms with Crippen molar-refractivity contribution in [3.63, 3.8) is 0 Å². The molecule has 3 heterocycles. The van der Waals surface area contributed by atoms with Crippen LogP contribution in [0.1, 0.15) is 37.6 Å². The molecule has 6 rings (SSSR count). The molecule has 38 heavy (non-hydrogen) atoms. The Bertz CT molecular complexity index is 1560. The molecule has 1 aliphatic heterocycles. The number of hydrogen-bond acceptors (Lipinski definition) is 7. The van der Waals surface area contributed by atoms with Crippen LogP contribution >= 0.6 is 34.9 Å². The SMILES string of the molecule is Nc1nc(SCC(=O)NCc2ccccc2)nc2sc3c(c12)C[C@@H](c1ccccc1)S[C@@H]3c1ccccc1. The average Bonchev–Trinajstić information content (AvgIpc) is 3.35. The minimum Gasteiger partial charge on any atom is -0.383 e. The van der Waals surface area contributed by atoms with Crippen molar-refractivity contribution in [3.8, 4) is 0 Å². The van der Waals surface area contributed by atoms with Crippen molar-refractivity contribution in [2.24, 2.45) is 0 Å². The van der Waals surface area contributed by atoms with E-state index in [2.05, 4.69) is 71.0 Å². The second-order valence-corrected chi connectivity index (χ2v) is 12.4. The Hall–Kier alpha value is -3.33. The number of thiophene rings is 1. The fourth-order valence-corrected chi connectivity index (χ4v) is 8.48. The Balaban J connectivity index is 1.27. The van der Waals surface area contributed by atoms with Gasteiger partial charge in [0.05, 0.1) is 16.4 Å². The second kappa shape index (κ2) is 11.2. The van der Waals surface area contributed by atoms with E-state index in [9.17, 15) is 4.79 Å². The van der Waals surface area contributed by atoms with E-state index >= 15 is 0 Å². The highest BCUT2D eigenvalue weighted by Crippen LogP contribution is 2.55. The first kappa shape index (κ1) is 25.0. The average molecular weight is 555 g/mol. The van der Waals surface area contributed by atoms with Gasteiger partial charge in [0.2, 0.25) is 5.91 Å². The van der Waals surface area contributed by atoms with Crippen molar-refractivity contribution < 1.29 is 4.79 Å². The molecule has 2 atom stereocenters. The van der Waals surface area contributed by atoms with E-state index < -0.39 is 0 Å². The first-order chi connectivity index (χ1) is 18.7. The summed E-state index contributed by atoms with van der Waals surface area (Å²) in [7, 11) is 0. The maximum absolute atomic E-state index is 12.4. The van der Waals surface area contributed by atoms with Gasteiger partial charge >= 0.3 is 0 Å².